The second kappa shape index (κ2) is 2.37. The molecule has 0 aliphatic heterocycles. The van der Waals surface area contributed by atoms with Gasteiger partial charge in [-0.1, -0.05) is 11.6 Å². The molecule has 0 aliphatic rings. The predicted octanol–water partition coefficient (Wildman–Crippen LogP) is 0.795. The lowest BCUT2D eigenvalue weighted by Gasteiger charge is -1.93. The van der Waals surface area contributed by atoms with E-state index in [9.17, 15) is 0 Å². The highest BCUT2D eigenvalue weighted by Gasteiger charge is 2.00. The lowest BCUT2D eigenvalue weighted by Crippen LogP contribution is -1.97. The molecule has 0 spiro atoms. The van der Waals surface area contributed by atoms with E-state index in [0.717, 1.165) is 5.56 Å². The van der Waals surface area contributed by atoms with Gasteiger partial charge in [0.05, 0.1) is 6.20 Å². The van der Waals surface area contributed by atoms with Crippen molar-refractivity contribution in [2.75, 3.05) is 0 Å². The van der Waals surface area contributed by atoms with Gasteiger partial charge in [0.2, 0.25) is 0 Å². The van der Waals surface area contributed by atoms with Crippen LogP contribution in [0.15, 0.2) is 6.20 Å². The van der Waals surface area contributed by atoms with Gasteiger partial charge in [-0.25, -0.2) is 4.68 Å². The molecule has 0 bridgehead atoms. The quantitative estimate of drug-likeness (QED) is 0.637. The average molecular weight is 147 g/mol. The van der Waals surface area contributed by atoms with E-state index in [4.69, 9.17) is 16.7 Å². The number of aliphatic hydroxyl groups excluding tert-OH is 1. The molecule has 9 heavy (non-hydrogen) atoms. The van der Waals surface area contributed by atoms with Crippen molar-refractivity contribution in [3.05, 3.63) is 16.9 Å². The van der Waals surface area contributed by atoms with E-state index in [1.807, 2.05) is 6.92 Å². The summed E-state index contributed by atoms with van der Waals surface area (Å²) in [5, 5.41) is 12.8. The zero-order valence-corrected chi connectivity index (χ0v) is 5.76. The van der Waals surface area contributed by atoms with Crippen LogP contribution >= 0.6 is 11.6 Å². The van der Waals surface area contributed by atoms with Crippen LogP contribution in [0, 0.1) is 6.92 Å². The Bertz CT molecular complexity index is 209. The standard InChI is InChI=1S/C5H7ClN2O/c1-4-2-7-8(3-9)5(4)6/h2,9H,3H2,1H3. The molecule has 0 saturated heterocycles. The third kappa shape index (κ3) is 1.06. The van der Waals surface area contributed by atoms with Crippen LogP contribution in [-0.4, -0.2) is 14.9 Å². The second-order valence-electron chi connectivity index (χ2n) is 1.76. The summed E-state index contributed by atoms with van der Waals surface area (Å²) in [5.41, 5.74) is 0.880. The molecular formula is C5H7ClN2O. The van der Waals surface area contributed by atoms with Gasteiger partial charge < -0.3 is 5.11 Å². The zero-order valence-electron chi connectivity index (χ0n) is 5.00. The topological polar surface area (TPSA) is 38.0 Å². The second-order valence-corrected chi connectivity index (χ2v) is 2.12. The highest BCUT2D eigenvalue weighted by molar-refractivity contribution is 6.30. The molecule has 0 saturated carbocycles. The normalized spacial score (nSPS) is 10.1. The number of nitrogens with zero attached hydrogens (tertiary/aromatic N) is 2. The largest absolute Gasteiger partial charge is 0.374 e. The first kappa shape index (κ1) is 6.58. The van der Waals surface area contributed by atoms with E-state index in [1.54, 1.807) is 6.20 Å². The van der Waals surface area contributed by atoms with E-state index in [2.05, 4.69) is 5.10 Å². The molecule has 0 radical (unpaired) electrons. The molecule has 0 aliphatic carbocycles. The van der Waals surface area contributed by atoms with Gasteiger partial charge in [-0.15, -0.1) is 0 Å². The molecule has 0 atom stereocenters. The van der Waals surface area contributed by atoms with Gasteiger partial charge in [0.1, 0.15) is 11.9 Å². The summed E-state index contributed by atoms with van der Waals surface area (Å²) in [4.78, 5) is 0. The fraction of sp³-hybridized carbons (Fsp3) is 0.400. The summed E-state index contributed by atoms with van der Waals surface area (Å²) in [6.45, 7) is 1.67. The maximum Gasteiger partial charge on any atom is 0.137 e. The lowest BCUT2D eigenvalue weighted by molar-refractivity contribution is 0.195. The van der Waals surface area contributed by atoms with Crippen LogP contribution in [0.3, 0.4) is 0 Å². The summed E-state index contributed by atoms with van der Waals surface area (Å²) in [7, 11) is 0. The minimum Gasteiger partial charge on any atom is -0.374 e. The number of rotatable bonds is 1. The van der Waals surface area contributed by atoms with Crippen molar-refractivity contribution in [2.24, 2.45) is 0 Å². The Kier molecular flexibility index (Phi) is 1.73. The molecule has 0 aromatic carbocycles. The Labute approximate surface area is 57.9 Å². The monoisotopic (exact) mass is 146 g/mol. The molecule has 1 aromatic rings. The zero-order chi connectivity index (χ0) is 6.85. The van der Waals surface area contributed by atoms with Crippen LogP contribution in [0.5, 0.6) is 0 Å². The first-order valence-corrected chi connectivity index (χ1v) is 2.92. The number of halogens is 1. The van der Waals surface area contributed by atoms with E-state index in [-0.39, 0.29) is 6.73 Å². The number of aromatic nitrogens is 2. The third-order valence-electron chi connectivity index (χ3n) is 1.08. The molecule has 0 unspecified atom stereocenters. The van der Waals surface area contributed by atoms with Crippen LogP contribution in [0.1, 0.15) is 5.56 Å². The lowest BCUT2D eigenvalue weighted by atomic mass is 10.4. The Hall–Kier alpha value is -0.540. The smallest absolute Gasteiger partial charge is 0.137 e. The average Bonchev–Trinajstić information content (AvgIpc) is 2.15. The molecular weight excluding hydrogens is 140 g/mol. The Morgan fingerprint density at radius 2 is 2.56 bits per heavy atom. The molecule has 4 heteroatoms. The highest BCUT2D eigenvalue weighted by atomic mass is 35.5. The summed E-state index contributed by atoms with van der Waals surface area (Å²) in [6.07, 6.45) is 1.61. The van der Waals surface area contributed by atoms with Gasteiger partial charge in [-0.3, -0.25) is 0 Å². The number of aryl methyl sites for hydroxylation is 1. The number of aliphatic hydroxyl groups is 1. The highest BCUT2D eigenvalue weighted by Crippen LogP contribution is 2.12. The van der Waals surface area contributed by atoms with E-state index < -0.39 is 0 Å². The molecule has 0 amide bonds. The van der Waals surface area contributed by atoms with Crippen molar-refractivity contribution in [1.29, 1.82) is 0 Å². The van der Waals surface area contributed by atoms with E-state index in [0.29, 0.717) is 5.15 Å². The molecule has 0 fully saturated rings. The van der Waals surface area contributed by atoms with Crippen molar-refractivity contribution < 1.29 is 5.11 Å². The van der Waals surface area contributed by atoms with Crippen molar-refractivity contribution in [3.8, 4) is 0 Å². The molecule has 1 N–H and O–H groups in total. The first-order chi connectivity index (χ1) is 4.25. The Balaban J connectivity index is 3.04. The molecule has 3 nitrogen and oxygen atoms in total. The Morgan fingerprint density at radius 3 is 2.78 bits per heavy atom. The van der Waals surface area contributed by atoms with Crippen LogP contribution in [0.25, 0.3) is 0 Å². The van der Waals surface area contributed by atoms with Gasteiger partial charge in [0.25, 0.3) is 0 Å². The van der Waals surface area contributed by atoms with Crippen molar-refractivity contribution in [2.45, 2.75) is 13.7 Å². The molecule has 1 rings (SSSR count). The predicted molar refractivity (Wildman–Crippen MR) is 34.2 cm³/mol. The molecule has 1 aromatic heterocycles. The van der Waals surface area contributed by atoms with Crippen LogP contribution in [-0.2, 0) is 6.73 Å². The first-order valence-electron chi connectivity index (χ1n) is 2.54. The fourth-order valence-corrected chi connectivity index (χ4v) is 0.708. The maximum atomic E-state index is 8.55. The van der Waals surface area contributed by atoms with Crippen molar-refractivity contribution >= 4 is 11.6 Å². The number of hydrogen-bond donors (Lipinski definition) is 1. The van der Waals surface area contributed by atoms with E-state index >= 15 is 0 Å². The summed E-state index contributed by atoms with van der Waals surface area (Å²) in [6, 6.07) is 0. The SMILES string of the molecule is Cc1cnn(CO)c1Cl. The summed E-state index contributed by atoms with van der Waals surface area (Å²) in [5.74, 6) is 0. The minimum atomic E-state index is -0.160. The molecule has 50 valence electrons. The van der Waals surface area contributed by atoms with Gasteiger partial charge in [-0.2, -0.15) is 5.10 Å². The van der Waals surface area contributed by atoms with Gasteiger partial charge in [-0.05, 0) is 6.92 Å². The van der Waals surface area contributed by atoms with Gasteiger partial charge in [0.15, 0.2) is 0 Å². The third-order valence-corrected chi connectivity index (χ3v) is 1.57. The van der Waals surface area contributed by atoms with Crippen molar-refractivity contribution in [3.63, 3.8) is 0 Å². The van der Waals surface area contributed by atoms with Gasteiger partial charge in [0, 0.05) is 5.56 Å². The Morgan fingerprint density at radius 1 is 1.89 bits per heavy atom. The van der Waals surface area contributed by atoms with Crippen LogP contribution in [0.2, 0.25) is 5.15 Å². The number of hydrogen-bond acceptors (Lipinski definition) is 2. The minimum absolute atomic E-state index is 0.160. The summed E-state index contributed by atoms with van der Waals surface area (Å²) >= 11 is 5.65. The van der Waals surface area contributed by atoms with E-state index in [1.165, 1.54) is 4.68 Å². The summed E-state index contributed by atoms with van der Waals surface area (Å²) < 4.78 is 1.32. The molecule has 1 heterocycles. The fourth-order valence-electron chi connectivity index (χ4n) is 0.562. The van der Waals surface area contributed by atoms with Crippen molar-refractivity contribution in [1.82, 2.24) is 9.78 Å². The maximum absolute atomic E-state index is 8.55. The van der Waals surface area contributed by atoms with Crippen LogP contribution < -0.4 is 0 Å². The van der Waals surface area contributed by atoms with Gasteiger partial charge >= 0.3 is 0 Å². The van der Waals surface area contributed by atoms with Crippen LogP contribution in [0.4, 0.5) is 0 Å².